The highest BCUT2D eigenvalue weighted by Gasteiger charge is 2.15. The van der Waals surface area contributed by atoms with Crippen molar-refractivity contribution in [2.24, 2.45) is 0 Å². The SMILES string of the molecule is COc1cc(C(C)=O)ccc1OCCCC(=O)NC1CCNCC1. The topological polar surface area (TPSA) is 76.7 Å². The van der Waals surface area contributed by atoms with Gasteiger partial charge in [-0.3, -0.25) is 9.59 Å². The van der Waals surface area contributed by atoms with E-state index in [1.54, 1.807) is 25.3 Å². The summed E-state index contributed by atoms with van der Waals surface area (Å²) in [7, 11) is 1.54. The molecule has 0 spiro atoms. The lowest BCUT2D eigenvalue weighted by atomic mass is 10.1. The Balaban J connectivity index is 1.73. The fourth-order valence-corrected chi connectivity index (χ4v) is 2.69. The van der Waals surface area contributed by atoms with Crippen LogP contribution in [-0.2, 0) is 4.79 Å². The highest BCUT2D eigenvalue weighted by Crippen LogP contribution is 2.28. The Kier molecular flexibility index (Phi) is 7.06. The van der Waals surface area contributed by atoms with Crippen molar-refractivity contribution >= 4 is 11.7 Å². The van der Waals surface area contributed by atoms with E-state index >= 15 is 0 Å². The number of ether oxygens (including phenoxy) is 2. The van der Waals surface area contributed by atoms with Gasteiger partial charge in [-0.25, -0.2) is 0 Å². The second-order valence-electron chi connectivity index (χ2n) is 5.97. The molecule has 0 saturated carbocycles. The first-order valence-corrected chi connectivity index (χ1v) is 8.42. The Hall–Kier alpha value is -2.08. The molecule has 1 aromatic rings. The van der Waals surface area contributed by atoms with Crippen molar-refractivity contribution in [2.45, 2.75) is 38.6 Å². The summed E-state index contributed by atoms with van der Waals surface area (Å²) in [5, 5.41) is 6.34. The van der Waals surface area contributed by atoms with Crippen molar-refractivity contribution in [1.82, 2.24) is 10.6 Å². The number of methoxy groups -OCH3 is 1. The highest BCUT2D eigenvalue weighted by atomic mass is 16.5. The number of hydrogen-bond donors (Lipinski definition) is 2. The van der Waals surface area contributed by atoms with Gasteiger partial charge < -0.3 is 20.1 Å². The van der Waals surface area contributed by atoms with Crippen LogP contribution in [0.3, 0.4) is 0 Å². The molecule has 24 heavy (non-hydrogen) atoms. The number of carbonyl (C=O) groups is 2. The monoisotopic (exact) mass is 334 g/mol. The molecule has 1 heterocycles. The van der Waals surface area contributed by atoms with Gasteiger partial charge in [0.25, 0.3) is 0 Å². The second kappa shape index (κ2) is 9.27. The van der Waals surface area contributed by atoms with Crippen LogP contribution in [0.4, 0.5) is 0 Å². The third-order valence-electron chi connectivity index (χ3n) is 4.08. The molecule has 1 saturated heterocycles. The summed E-state index contributed by atoms with van der Waals surface area (Å²) in [5.41, 5.74) is 0.584. The van der Waals surface area contributed by atoms with Crippen LogP contribution in [0.25, 0.3) is 0 Å². The van der Waals surface area contributed by atoms with Crippen LogP contribution in [0.2, 0.25) is 0 Å². The van der Waals surface area contributed by atoms with Gasteiger partial charge in [0.2, 0.25) is 5.91 Å². The molecule has 132 valence electrons. The summed E-state index contributed by atoms with van der Waals surface area (Å²) >= 11 is 0. The van der Waals surface area contributed by atoms with E-state index in [1.165, 1.54) is 6.92 Å². The van der Waals surface area contributed by atoms with E-state index < -0.39 is 0 Å². The van der Waals surface area contributed by atoms with Crippen LogP contribution >= 0.6 is 0 Å². The largest absolute Gasteiger partial charge is 0.493 e. The summed E-state index contributed by atoms with van der Waals surface area (Å²) in [6.07, 6.45) is 3.05. The van der Waals surface area contributed by atoms with Gasteiger partial charge in [0, 0.05) is 18.0 Å². The Bertz CT molecular complexity index is 568. The maximum absolute atomic E-state index is 11.9. The molecule has 6 nitrogen and oxygen atoms in total. The van der Waals surface area contributed by atoms with Crippen LogP contribution in [-0.4, -0.2) is 44.5 Å². The molecule has 0 unspecified atom stereocenters. The van der Waals surface area contributed by atoms with Crippen molar-refractivity contribution in [3.8, 4) is 11.5 Å². The molecule has 1 aromatic carbocycles. The molecule has 1 aliphatic heterocycles. The fourth-order valence-electron chi connectivity index (χ4n) is 2.69. The number of piperidine rings is 1. The summed E-state index contributed by atoms with van der Waals surface area (Å²) in [6.45, 7) is 3.86. The fraction of sp³-hybridized carbons (Fsp3) is 0.556. The number of nitrogens with one attached hydrogen (secondary N) is 2. The lowest BCUT2D eigenvalue weighted by Gasteiger charge is -2.23. The summed E-state index contributed by atoms with van der Waals surface area (Å²) in [6, 6.07) is 5.40. The van der Waals surface area contributed by atoms with Gasteiger partial charge in [-0.05, 0) is 57.5 Å². The van der Waals surface area contributed by atoms with Crippen molar-refractivity contribution in [3.05, 3.63) is 23.8 Å². The third kappa shape index (κ3) is 5.53. The van der Waals surface area contributed by atoms with Crippen LogP contribution in [0.15, 0.2) is 18.2 Å². The number of carbonyl (C=O) groups excluding carboxylic acids is 2. The minimum atomic E-state index is -0.0190. The number of ketones is 1. The van der Waals surface area contributed by atoms with Crippen molar-refractivity contribution in [1.29, 1.82) is 0 Å². The van der Waals surface area contributed by atoms with Crippen molar-refractivity contribution in [2.75, 3.05) is 26.8 Å². The predicted molar refractivity (Wildman–Crippen MR) is 91.8 cm³/mol. The Morgan fingerprint density at radius 2 is 2.00 bits per heavy atom. The summed E-state index contributed by atoms with van der Waals surface area (Å²) in [4.78, 5) is 23.3. The Morgan fingerprint density at radius 3 is 2.67 bits per heavy atom. The van der Waals surface area contributed by atoms with E-state index in [4.69, 9.17) is 9.47 Å². The molecule has 1 aliphatic rings. The standard InChI is InChI=1S/C18H26N2O4/c1-13(21)14-5-6-16(17(12-14)23-2)24-11-3-4-18(22)20-15-7-9-19-10-8-15/h5-6,12,15,19H,3-4,7-11H2,1-2H3,(H,20,22). The highest BCUT2D eigenvalue weighted by molar-refractivity contribution is 5.94. The van der Waals surface area contributed by atoms with E-state index in [0.29, 0.717) is 42.6 Å². The van der Waals surface area contributed by atoms with E-state index in [9.17, 15) is 9.59 Å². The quantitative estimate of drug-likeness (QED) is 0.561. The zero-order valence-corrected chi connectivity index (χ0v) is 14.4. The van der Waals surface area contributed by atoms with Gasteiger partial charge in [-0.1, -0.05) is 0 Å². The van der Waals surface area contributed by atoms with Gasteiger partial charge in [-0.2, -0.15) is 0 Å². The number of amides is 1. The minimum absolute atomic E-state index is 0.0190. The summed E-state index contributed by atoms with van der Waals surface area (Å²) < 4.78 is 10.9. The van der Waals surface area contributed by atoms with E-state index in [2.05, 4.69) is 10.6 Å². The molecular weight excluding hydrogens is 308 g/mol. The average Bonchev–Trinajstić information content (AvgIpc) is 2.59. The van der Waals surface area contributed by atoms with Crippen LogP contribution in [0.1, 0.15) is 43.0 Å². The van der Waals surface area contributed by atoms with Gasteiger partial charge in [-0.15, -0.1) is 0 Å². The van der Waals surface area contributed by atoms with Gasteiger partial charge in [0.05, 0.1) is 13.7 Å². The molecule has 0 radical (unpaired) electrons. The molecule has 6 heteroatoms. The molecule has 2 rings (SSSR count). The van der Waals surface area contributed by atoms with E-state index in [-0.39, 0.29) is 11.7 Å². The first-order valence-electron chi connectivity index (χ1n) is 8.42. The maximum atomic E-state index is 11.9. The average molecular weight is 334 g/mol. The van der Waals surface area contributed by atoms with Crippen LogP contribution < -0.4 is 20.1 Å². The van der Waals surface area contributed by atoms with Crippen LogP contribution in [0, 0.1) is 0 Å². The normalized spacial score (nSPS) is 14.9. The zero-order chi connectivity index (χ0) is 17.4. The number of rotatable bonds is 8. The van der Waals surface area contributed by atoms with Gasteiger partial charge in [0.15, 0.2) is 17.3 Å². The lowest BCUT2D eigenvalue weighted by Crippen LogP contribution is -2.42. The molecule has 1 amide bonds. The van der Waals surface area contributed by atoms with E-state index in [0.717, 1.165) is 25.9 Å². The second-order valence-corrected chi connectivity index (χ2v) is 5.97. The predicted octanol–water partition coefficient (Wildman–Crippen LogP) is 1.92. The smallest absolute Gasteiger partial charge is 0.220 e. The van der Waals surface area contributed by atoms with Crippen molar-refractivity contribution < 1.29 is 19.1 Å². The Labute approximate surface area is 142 Å². The van der Waals surface area contributed by atoms with Crippen molar-refractivity contribution in [3.63, 3.8) is 0 Å². The molecule has 2 N–H and O–H groups in total. The maximum Gasteiger partial charge on any atom is 0.220 e. The van der Waals surface area contributed by atoms with E-state index in [1.807, 2.05) is 0 Å². The molecule has 0 atom stereocenters. The minimum Gasteiger partial charge on any atom is -0.493 e. The number of benzene rings is 1. The Morgan fingerprint density at radius 1 is 1.25 bits per heavy atom. The summed E-state index contributed by atoms with van der Waals surface area (Å²) in [5.74, 6) is 1.17. The van der Waals surface area contributed by atoms with Gasteiger partial charge >= 0.3 is 0 Å². The number of hydrogen-bond acceptors (Lipinski definition) is 5. The first-order chi connectivity index (χ1) is 11.6. The first kappa shape index (κ1) is 18.3. The molecule has 0 aromatic heterocycles. The molecule has 0 bridgehead atoms. The zero-order valence-electron chi connectivity index (χ0n) is 14.4. The van der Waals surface area contributed by atoms with Crippen LogP contribution in [0.5, 0.6) is 11.5 Å². The molecular formula is C18H26N2O4. The lowest BCUT2D eigenvalue weighted by molar-refractivity contribution is -0.122. The molecule has 0 aliphatic carbocycles. The van der Waals surface area contributed by atoms with Gasteiger partial charge in [0.1, 0.15) is 0 Å². The number of Topliss-reactive ketones (excluding diaryl/α,β-unsaturated/α-hetero) is 1. The third-order valence-corrected chi connectivity index (χ3v) is 4.08. The molecule has 1 fully saturated rings.